The second kappa shape index (κ2) is 5.88. The SMILES string of the molecule is Cc1cc(N2C(=O)c3oc4ccccc4c(=O)c3[C@H]2c2ccc(F)cc2)no1. The van der Waals surface area contributed by atoms with E-state index in [2.05, 4.69) is 5.16 Å². The van der Waals surface area contributed by atoms with Crippen molar-refractivity contribution in [3.8, 4) is 0 Å². The number of carbonyl (C=O) groups is 1. The van der Waals surface area contributed by atoms with E-state index < -0.39 is 17.8 Å². The first-order valence-corrected chi connectivity index (χ1v) is 8.62. The molecule has 2 aromatic carbocycles. The molecule has 6 nitrogen and oxygen atoms in total. The van der Waals surface area contributed by atoms with E-state index in [1.807, 2.05) is 0 Å². The van der Waals surface area contributed by atoms with Crippen molar-refractivity contribution in [2.24, 2.45) is 0 Å². The third-order valence-electron chi connectivity index (χ3n) is 4.83. The van der Waals surface area contributed by atoms with Gasteiger partial charge in [0, 0.05) is 6.07 Å². The van der Waals surface area contributed by atoms with Crippen LogP contribution >= 0.6 is 0 Å². The number of rotatable bonds is 2. The van der Waals surface area contributed by atoms with Gasteiger partial charge < -0.3 is 8.94 Å². The fourth-order valence-electron chi connectivity index (χ4n) is 3.58. The van der Waals surface area contributed by atoms with E-state index in [4.69, 9.17) is 8.94 Å². The molecule has 138 valence electrons. The van der Waals surface area contributed by atoms with Crippen molar-refractivity contribution in [2.75, 3.05) is 4.90 Å². The summed E-state index contributed by atoms with van der Waals surface area (Å²) >= 11 is 0. The lowest BCUT2D eigenvalue weighted by Gasteiger charge is -2.22. The number of halogens is 1. The molecule has 1 atom stereocenters. The van der Waals surface area contributed by atoms with Gasteiger partial charge >= 0.3 is 0 Å². The summed E-state index contributed by atoms with van der Waals surface area (Å²) in [5, 5.41) is 4.31. The Hall–Kier alpha value is -3.74. The van der Waals surface area contributed by atoms with Crippen LogP contribution in [0, 0.1) is 12.7 Å². The molecule has 7 heteroatoms. The summed E-state index contributed by atoms with van der Waals surface area (Å²) in [5.41, 5.74) is 0.797. The van der Waals surface area contributed by atoms with Gasteiger partial charge in [0.25, 0.3) is 5.91 Å². The van der Waals surface area contributed by atoms with Gasteiger partial charge in [-0.1, -0.05) is 29.4 Å². The molecule has 0 spiro atoms. The molecule has 0 aliphatic carbocycles. The molecule has 3 heterocycles. The van der Waals surface area contributed by atoms with E-state index in [0.29, 0.717) is 22.3 Å². The fraction of sp³-hybridized carbons (Fsp3) is 0.0952. The molecule has 1 aliphatic rings. The maximum absolute atomic E-state index is 13.5. The van der Waals surface area contributed by atoms with Crippen LogP contribution in [-0.2, 0) is 0 Å². The highest BCUT2D eigenvalue weighted by atomic mass is 19.1. The Morgan fingerprint density at radius 2 is 1.82 bits per heavy atom. The van der Waals surface area contributed by atoms with Crippen LogP contribution in [0.15, 0.2) is 68.3 Å². The zero-order valence-corrected chi connectivity index (χ0v) is 14.7. The normalized spacial score (nSPS) is 16.0. The predicted molar refractivity (Wildman–Crippen MR) is 98.8 cm³/mol. The van der Waals surface area contributed by atoms with E-state index in [9.17, 15) is 14.0 Å². The summed E-state index contributed by atoms with van der Waals surface area (Å²) in [6.07, 6.45) is 0. The number of anilines is 1. The van der Waals surface area contributed by atoms with Crippen LogP contribution < -0.4 is 10.3 Å². The molecule has 0 fully saturated rings. The van der Waals surface area contributed by atoms with Crippen molar-refractivity contribution in [1.82, 2.24) is 5.16 Å². The van der Waals surface area contributed by atoms with Crippen LogP contribution in [0.1, 0.15) is 33.5 Å². The van der Waals surface area contributed by atoms with Gasteiger partial charge in [0.15, 0.2) is 11.2 Å². The Bertz CT molecular complexity index is 1290. The van der Waals surface area contributed by atoms with Crippen LogP contribution in [0.25, 0.3) is 11.0 Å². The molecule has 0 saturated carbocycles. The summed E-state index contributed by atoms with van der Waals surface area (Å²) in [4.78, 5) is 27.8. The van der Waals surface area contributed by atoms with Crippen molar-refractivity contribution in [1.29, 1.82) is 0 Å². The summed E-state index contributed by atoms with van der Waals surface area (Å²) in [7, 11) is 0. The monoisotopic (exact) mass is 376 g/mol. The van der Waals surface area contributed by atoms with E-state index in [1.165, 1.54) is 29.2 Å². The highest BCUT2D eigenvalue weighted by Crippen LogP contribution is 2.40. The van der Waals surface area contributed by atoms with E-state index in [1.54, 1.807) is 37.3 Å². The fourth-order valence-corrected chi connectivity index (χ4v) is 3.58. The minimum absolute atomic E-state index is 0.0429. The molecule has 2 aromatic heterocycles. The first-order valence-electron chi connectivity index (χ1n) is 8.62. The third-order valence-corrected chi connectivity index (χ3v) is 4.83. The number of hydrogen-bond donors (Lipinski definition) is 0. The van der Waals surface area contributed by atoms with Crippen LogP contribution in [0.2, 0.25) is 0 Å². The first-order chi connectivity index (χ1) is 13.5. The molecule has 0 unspecified atom stereocenters. The number of para-hydroxylation sites is 1. The lowest BCUT2D eigenvalue weighted by atomic mass is 9.98. The van der Waals surface area contributed by atoms with Gasteiger partial charge in [0.2, 0.25) is 5.76 Å². The van der Waals surface area contributed by atoms with Crippen LogP contribution in [-0.4, -0.2) is 11.1 Å². The average Bonchev–Trinajstić information content (AvgIpc) is 3.24. The maximum Gasteiger partial charge on any atom is 0.296 e. The van der Waals surface area contributed by atoms with Crippen molar-refractivity contribution >= 4 is 22.7 Å². The number of aryl methyl sites for hydroxylation is 1. The van der Waals surface area contributed by atoms with Gasteiger partial charge in [0.1, 0.15) is 17.2 Å². The molecule has 0 saturated heterocycles. The Labute approximate surface area is 157 Å². The predicted octanol–water partition coefficient (Wildman–Crippen LogP) is 3.98. The van der Waals surface area contributed by atoms with Crippen LogP contribution in [0.4, 0.5) is 10.2 Å². The highest BCUT2D eigenvalue weighted by molar-refractivity contribution is 6.10. The topological polar surface area (TPSA) is 76.6 Å². The second-order valence-electron chi connectivity index (χ2n) is 6.60. The molecule has 1 amide bonds. The molecule has 28 heavy (non-hydrogen) atoms. The van der Waals surface area contributed by atoms with Crippen LogP contribution in [0.5, 0.6) is 0 Å². The molecule has 4 aromatic rings. The summed E-state index contributed by atoms with van der Waals surface area (Å²) in [6.45, 7) is 1.70. The van der Waals surface area contributed by atoms with Gasteiger partial charge in [-0.15, -0.1) is 0 Å². The number of aromatic nitrogens is 1. The number of amides is 1. The van der Waals surface area contributed by atoms with Gasteiger partial charge in [-0.05, 0) is 36.8 Å². The molecule has 1 aliphatic heterocycles. The molecule has 0 bridgehead atoms. The number of fused-ring (bicyclic) bond motifs is 2. The minimum Gasteiger partial charge on any atom is -0.450 e. The largest absolute Gasteiger partial charge is 0.450 e. The van der Waals surface area contributed by atoms with E-state index >= 15 is 0 Å². The smallest absolute Gasteiger partial charge is 0.296 e. The van der Waals surface area contributed by atoms with Gasteiger partial charge in [0.05, 0.1) is 17.0 Å². The van der Waals surface area contributed by atoms with E-state index in [0.717, 1.165) is 0 Å². The first kappa shape index (κ1) is 16.4. The number of carbonyl (C=O) groups excluding carboxylic acids is 1. The zero-order valence-electron chi connectivity index (χ0n) is 14.7. The summed E-state index contributed by atoms with van der Waals surface area (Å²) in [5.74, 6) is -0.186. The molecule has 0 radical (unpaired) electrons. The summed E-state index contributed by atoms with van der Waals surface area (Å²) < 4.78 is 24.4. The number of nitrogens with zero attached hydrogens (tertiary/aromatic N) is 2. The summed E-state index contributed by atoms with van der Waals surface area (Å²) in [6, 6.07) is 13.2. The van der Waals surface area contributed by atoms with Gasteiger partial charge in [-0.3, -0.25) is 14.5 Å². The molecule has 0 N–H and O–H groups in total. The average molecular weight is 376 g/mol. The van der Waals surface area contributed by atoms with Gasteiger partial charge in [-0.2, -0.15) is 0 Å². The lowest BCUT2D eigenvalue weighted by Crippen LogP contribution is -2.29. The quantitative estimate of drug-likeness (QED) is 0.529. The van der Waals surface area contributed by atoms with Gasteiger partial charge in [-0.25, -0.2) is 4.39 Å². The van der Waals surface area contributed by atoms with Crippen molar-refractivity contribution < 1.29 is 18.1 Å². The lowest BCUT2D eigenvalue weighted by molar-refractivity contribution is 0.0969. The molecular formula is C21H13FN2O4. The second-order valence-corrected chi connectivity index (χ2v) is 6.60. The van der Waals surface area contributed by atoms with Crippen LogP contribution in [0.3, 0.4) is 0 Å². The number of benzene rings is 2. The Balaban J connectivity index is 1.82. The Morgan fingerprint density at radius 3 is 2.54 bits per heavy atom. The maximum atomic E-state index is 13.5. The Morgan fingerprint density at radius 1 is 1.07 bits per heavy atom. The zero-order chi connectivity index (χ0) is 19.4. The number of hydrogen-bond acceptors (Lipinski definition) is 5. The van der Waals surface area contributed by atoms with Crippen molar-refractivity contribution in [3.63, 3.8) is 0 Å². The van der Waals surface area contributed by atoms with Crippen molar-refractivity contribution in [3.05, 3.63) is 93.3 Å². The molecule has 5 rings (SSSR count). The Kier molecular flexibility index (Phi) is 3.45. The molecular weight excluding hydrogens is 363 g/mol. The minimum atomic E-state index is -0.798. The van der Waals surface area contributed by atoms with Crippen molar-refractivity contribution in [2.45, 2.75) is 13.0 Å². The van der Waals surface area contributed by atoms with E-state index in [-0.39, 0.29) is 22.6 Å². The highest BCUT2D eigenvalue weighted by Gasteiger charge is 2.44. The standard InChI is InChI=1S/C21H13FN2O4/c1-11-10-16(23-28-11)24-18(12-6-8-13(22)9-7-12)17-19(25)14-4-2-3-5-15(14)27-20(17)21(24)26/h2-10,18H,1H3/t18-/m1/s1. The third kappa shape index (κ3) is 2.29.